The number of piperidine rings is 1. The van der Waals surface area contributed by atoms with Crippen molar-refractivity contribution in [3.63, 3.8) is 0 Å². The minimum absolute atomic E-state index is 0.00453. The molecule has 4 heterocycles. The summed E-state index contributed by atoms with van der Waals surface area (Å²) in [6.07, 6.45) is -0.882. The third-order valence-electron chi connectivity index (χ3n) is 5.11. The quantitative estimate of drug-likeness (QED) is 0.644. The van der Waals surface area contributed by atoms with Gasteiger partial charge in [0.05, 0.1) is 16.8 Å². The van der Waals surface area contributed by atoms with Crippen molar-refractivity contribution >= 4 is 11.5 Å². The number of pyridine rings is 1. The number of halogens is 4. The first-order valence-corrected chi connectivity index (χ1v) is 9.23. The molecule has 4 rings (SSSR count). The van der Waals surface area contributed by atoms with Gasteiger partial charge < -0.3 is 10.6 Å². The fourth-order valence-electron chi connectivity index (χ4n) is 3.47. The molecule has 0 aliphatic carbocycles. The monoisotopic (exact) mass is 408 g/mol. The molecule has 10 heteroatoms. The number of fused-ring (bicyclic) bond motifs is 1. The van der Waals surface area contributed by atoms with Gasteiger partial charge in [-0.2, -0.15) is 17.6 Å². The topological polar surface area (TPSA) is 67.1 Å². The SMILES string of the molecule is CC1(C)CC[C@H](Nc2ncc(C(F)(F)F)c(-c3c(F)nn4ccccc34)n2)CN1. The zero-order valence-corrected chi connectivity index (χ0v) is 15.9. The number of aromatic nitrogens is 4. The normalized spacial score (nSPS) is 19.4. The number of alkyl halides is 3. The Balaban J connectivity index is 1.75. The summed E-state index contributed by atoms with van der Waals surface area (Å²) in [6.45, 7) is 4.80. The Hall–Kier alpha value is -2.75. The van der Waals surface area contributed by atoms with Crippen LogP contribution in [-0.2, 0) is 6.18 Å². The first-order chi connectivity index (χ1) is 13.6. The first-order valence-electron chi connectivity index (χ1n) is 9.23. The fraction of sp³-hybridized carbons (Fsp3) is 0.421. The molecule has 0 saturated carbocycles. The maximum atomic E-state index is 14.5. The molecule has 0 aromatic carbocycles. The molecular formula is C19H20F4N6. The van der Waals surface area contributed by atoms with Gasteiger partial charge in [0.15, 0.2) is 0 Å². The van der Waals surface area contributed by atoms with Crippen LogP contribution in [0.3, 0.4) is 0 Å². The van der Waals surface area contributed by atoms with Gasteiger partial charge in [-0.1, -0.05) is 6.07 Å². The highest BCUT2D eigenvalue weighted by atomic mass is 19.4. The van der Waals surface area contributed by atoms with Crippen LogP contribution in [0.15, 0.2) is 30.6 Å². The van der Waals surface area contributed by atoms with Crippen LogP contribution in [0.5, 0.6) is 0 Å². The van der Waals surface area contributed by atoms with E-state index in [2.05, 4.69) is 39.5 Å². The average Bonchev–Trinajstić information content (AvgIpc) is 2.98. The van der Waals surface area contributed by atoms with Crippen LogP contribution in [0.4, 0.5) is 23.5 Å². The van der Waals surface area contributed by atoms with E-state index >= 15 is 0 Å². The van der Waals surface area contributed by atoms with Gasteiger partial charge in [-0.25, -0.2) is 14.5 Å². The van der Waals surface area contributed by atoms with Crippen molar-refractivity contribution in [2.24, 2.45) is 0 Å². The third-order valence-corrected chi connectivity index (χ3v) is 5.11. The Morgan fingerprint density at radius 2 is 2.07 bits per heavy atom. The van der Waals surface area contributed by atoms with Gasteiger partial charge in [0, 0.05) is 30.5 Å². The lowest BCUT2D eigenvalue weighted by Gasteiger charge is -2.36. The Morgan fingerprint density at radius 3 is 2.76 bits per heavy atom. The van der Waals surface area contributed by atoms with E-state index < -0.39 is 23.4 Å². The molecule has 1 fully saturated rings. The Bertz CT molecular complexity index is 1030. The Labute approximate surface area is 164 Å². The minimum Gasteiger partial charge on any atom is -0.350 e. The Morgan fingerprint density at radius 1 is 1.28 bits per heavy atom. The second-order valence-corrected chi connectivity index (χ2v) is 7.79. The molecule has 3 aromatic rings. The van der Waals surface area contributed by atoms with E-state index in [0.29, 0.717) is 12.7 Å². The van der Waals surface area contributed by atoms with Crippen LogP contribution in [0, 0.1) is 5.95 Å². The molecule has 154 valence electrons. The third kappa shape index (κ3) is 3.89. The molecule has 0 amide bonds. The van der Waals surface area contributed by atoms with Crippen molar-refractivity contribution in [1.82, 2.24) is 24.9 Å². The van der Waals surface area contributed by atoms with E-state index in [1.54, 1.807) is 12.1 Å². The molecule has 6 nitrogen and oxygen atoms in total. The van der Waals surface area contributed by atoms with Crippen molar-refractivity contribution in [1.29, 1.82) is 0 Å². The number of nitrogens with zero attached hydrogens (tertiary/aromatic N) is 4. The van der Waals surface area contributed by atoms with Gasteiger partial charge in [-0.05, 0) is 38.8 Å². The average molecular weight is 408 g/mol. The molecule has 0 radical (unpaired) electrons. The highest BCUT2D eigenvalue weighted by Crippen LogP contribution is 2.38. The number of rotatable bonds is 3. The van der Waals surface area contributed by atoms with E-state index in [-0.39, 0.29) is 28.6 Å². The molecule has 1 aliphatic rings. The van der Waals surface area contributed by atoms with Crippen LogP contribution in [-0.4, -0.2) is 37.7 Å². The zero-order chi connectivity index (χ0) is 20.8. The van der Waals surface area contributed by atoms with Crippen molar-refractivity contribution in [3.05, 3.63) is 42.1 Å². The largest absolute Gasteiger partial charge is 0.420 e. The van der Waals surface area contributed by atoms with Crippen molar-refractivity contribution in [2.45, 2.75) is 44.4 Å². The van der Waals surface area contributed by atoms with Crippen LogP contribution in [0.2, 0.25) is 0 Å². The van der Waals surface area contributed by atoms with E-state index in [4.69, 9.17) is 0 Å². The highest BCUT2D eigenvalue weighted by molar-refractivity contribution is 5.80. The summed E-state index contributed by atoms with van der Waals surface area (Å²) in [5, 5.41) is 10.1. The van der Waals surface area contributed by atoms with Crippen molar-refractivity contribution in [2.75, 3.05) is 11.9 Å². The van der Waals surface area contributed by atoms with E-state index in [1.807, 2.05) is 0 Å². The summed E-state index contributed by atoms with van der Waals surface area (Å²) in [6, 6.07) is 4.66. The molecule has 2 N–H and O–H groups in total. The Kier molecular flexibility index (Phi) is 4.68. The highest BCUT2D eigenvalue weighted by Gasteiger charge is 2.37. The summed E-state index contributed by atoms with van der Waals surface area (Å²) < 4.78 is 56.5. The summed E-state index contributed by atoms with van der Waals surface area (Å²) in [7, 11) is 0. The number of anilines is 1. The summed E-state index contributed by atoms with van der Waals surface area (Å²) in [4.78, 5) is 7.90. The maximum absolute atomic E-state index is 14.5. The molecule has 1 atom stereocenters. The second-order valence-electron chi connectivity index (χ2n) is 7.79. The predicted molar refractivity (Wildman–Crippen MR) is 99.9 cm³/mol. The lowest BCUT2D eigenvalue weighted by molar-refractivity contribution is -0.137. The van der Waals surface area contributed by atoms with Gasteiger partial charge in [0.1, 0.15) is 5.56 Å². The van der Waals surface area contributed by atoms with Crippen molar-refractivity contribution in [3.8, 4) is 11.3 Å². The molecule has 0 bridgehead atoms. The molecule has 1 saturated heterocycles. The van der Waals surface area contributed by atoms with Crippen LogP contribution in [0.1, 0.15) is 32.3 Å². The van der Waals surface area contributed by atoms with E-state index in [1.165, 1.54) is 16.8 Å². The maximum Gasteiger partial charge on any atom is 0.420 e. The van der Waals surface area contributed by atoms with E-state index in [0.717, 1.165) is 12.8 Å². The van der Waals surface area contributed by atoms with Gasteiger partial charge in [-0.3, -0.25) is 0 Å². The fourth-order valence-corrected chi connectivity index (χ4v) is 3.47. The molecule has 0 spiro atoms. The molecule has 29 heavy (non-hydrogen) atoms. The molecule has 1 aliphatic heterocycles. The number of hydrogen-bond acceptors (Lipinski definition) is 5. The first kappa shape index (κ1) is 19.6. The molecule has 3 aromatic heterocycles. The van der Waals surface area contributed by atoms with Gasteiger partial charge in [-0.15, -0.1) is 5.10 Å². The van der Waals surface area contributed by atoms with Crippen LogP contribution < -0.4 is 10.6 Å². The van der Waals surface area contributed by atoms with Crippen LogP contribution in [0.25, 0.3) is 16.8 Å². The summed E-state index contributed by atoms with van der Waals surface area (Å²) in [5.74, 6) is -0.999. The summed E-state index contributed by atoms with van der Waals surface area (Å²) >= 11 is 0. The standard InChI is InChI=1S/C19H20F4N6/c1-18(2)7-6-11(9-25-18)26-17-24-10-12(19(21,22)23)15(27-17)14-13-5-3-4-8-29(13)28-16(14)20/h3-5,8,10-11,25H,6-7,9H2,1-2H3,(H,24,26,27)/t11-/m0/s1. The number of hydrogen-bond donors (Lipinski definition) is 2. The molecular weight excluding hydrogens is 388 g/mol. The summed E-state index contributed by atoms with van der Waals surface area (Å²) in [5.41, 5.74) is -1.74. The second kappa shape index (κ2) is 6.94. The van der Waals surface area contributed by atoms with Gasteiger partial charge >= 0.3 is 6.18 Å². The number of nitrogens with one attached hydrogen (secondary N) is 2. The molecule has 0 unspecified atom stereocenters. The predicted octanol–water partition coefficient (Wildman–Crippen LogP) is 3.89. The van der Waals surface area contributed by atoms with Crippen LogP contribution >= 0.6 is 0 Å². The van der Waals surface area contributed by atoms with Crippen molar-refractivity contribution < 1.29 is 17.6 Å². The van der Waals surface area contributed by atoms with E-state index in [9.17, 15) is 17.6 Å². The minimum atomic E-state index is -4.74. The lowest BCUT2D eigenvalue weighted by Crippen LogP contribution is -2.50. The smallest absolute Gasteiger partial charge is 0.350 e. The van der Waals surface area contributed by atoms with Gasteiger partial charge in [0.2, 0.25) is 11.9 Å². The van der Waals surface area contributed by atoms with Gasteiger partial charge in [0.25, 0.3) is 0 Å². The lowest BCUT2D eigenvalue weighted by atomic mass is 9.91. The zero-order valence-electron chi connectivity index (χ0n) is 15.9.